The first kappa shape index (κ1) is 14.7. The van der Waals surface area contributed by atoms with Gasteiger partial charge in [0.15, 0.2) is 0 Å². The van der Waals surface area contributed by atoms with Crippen LogP contribution in [-0.4, -0.2) is 50.4 Å². The molecule has 110 valence electrons. The number of methoxy groups -OCH3 is 1. The van der Waals surface area contributed by atoms with Gasteiger partial charge < -0.3 is 19.7 Å². The van der Waals surface area contributed by atoms with Crippen LogP contribution in [0.1, 0.15) is 12.8 Å². The van der Waals surface area contributed by atoms with Crippen LogP contribution in [0.25, 0.3) is 0 Å². The Morgan fingerprint density at radius 1 is 1.40 bits per heavy atom. The van der Waals surface area contributed by atoms with Gasteiger partial charge in [-0.05, 0) is 25.0 Å². The zero-order valence-corrected chi connectivity index (χ0v) is 11.9. The van der Waals surface area contributed by atoms with Crippen molar-refractivity contribution in [1.82, 2.24) is 10.2 Å². The summed E-state index contributed by atoms with van der Waals surface area (Å²) in [7, 11) is 1.62. The number of amides is 2. The van der Waals surface area contributed by atoms with E-state index < -0.39 is 0 Å². The molecule has 1 heterocycles. The summed E-state index contributed by atoms with van der Waals surface area (Å²) >= 11 is 0. The molecule has 0 bridgehead atoms. The van der Waals surface area contributed by atoms with Gasteiger partial charge in [-0.2, -0.15) is 0 Å². The fraction of sp³-hybridized carbons (Fsp3) is 0.533. The largest absolute Gasteiger partial charge is 0.489 e. The summed E-state index contributed by atoms with van der Waals surface area (Å²) in [5, 5.41) is 2.84. The van der Waals surface area contributed by atoms with Crippen molar-refractivity contribution in [2.75, 3.05) is 33.4 Å². The van der Waals surface area contributed by atoms with Gasteiger partial charge in [-0.3, -0.25) is 0 Å². The number of rotatable bonds is 5. The minimum atomic E-state index is -0.0385. The average molecular weight is 278 g/mol. The summed E-state index contributed by atoms with van der Waals surface area (Å²) in [5.74, 6) is 0.860. The molecule has 20 heavy (non-hydrogen) atoms. The van der Waals surface area contributed by atoms with Crippen LogP contribution >= 0.6 is 0 Å². The SMILES string of the molecule is COCCNC(=O)N1CCCC(Oc2ccccc2)C1. The maximum absolute atomic E-state index is 12.0. The predicted octanol–water partition coefficient (Wildman–Crippen LogP) is 1.89. The van der Waals surface area contributed by atoms with E-state index in [0.29, 0.717) is 19.7 Å². The number of piperidine rings is 1. The molecule has 1 N–H and O–H groups in total. The third-order valence-electron chi connectivity index (χ3n) is 3.29. The van der Waals surface area contributed by atoms with Crippen molar-refractivity contribution >= 4 is 6.03 Å². The number of ether oxygens (including phenoxy) is 2. The monoisotopic (exact) mass is 278 g/mol. The van der Waals surface area contributed by atoms with Crippen LogP contribution < -0.4 is 10.1 Å². The van der Waals surface area contributed by atoms with Gasteiger partial charge in [0.2, 0.25) is 0 Å². The molecule has 1 aliphatic heterocycles. The fourth-order valence-corrected chi connectivity index (χ4v) is 2.28. The number of nitrogens with one attached hydrogen (secondary N) is 1. The molecule has 0 aliphatic carbocycles. The van der Waals surface area contributed by atoms with Crippen molar-refractivity contribution in [3.63, 3.8) is 0 Å². The number of likely N-dealkylation sites (tertiary alicyclic amines) is 1. The van der Waals surface area contributed by atoms with Crippen LogP contribution in [0.3, 0.4) is 0 Å². The van der Waals surface area contributed by atoms with Gasteiger partial charge in [0.25, 0.3) is 0 Å². The summed E-state index contributed by atoms with van der Waals surface area (Å²) in [6, 6.07) is 9.71. The molecule has 1 fully saturated rings. The second kappa shape index (κ2) is 7.75. The van der Waals surface area contributed by atoms with E-state index in [-0.39, 0.29) is 12.1 Å². The Labute approximate surface area is 119 Å². The number of benzene rings is 1. The Bertz CT molecular complexity index is 411. The second-order valence-corrected chi connectivity index (χ2v) is 4.87. The standard InChI is InChI=1S/C15H22N2O3/c1-19-11-9-16-15(18)17-10-5-8-14(12-17)20-13-6-3-2-4-7-13/h2-4,6-7,14H,5,8-12H2,1H3,(H,16,18). The lowest BCUT2D eigenvalue weighted by atomic mass is 10.1. The first-order chi connectivity index (χ1) is 9.79. The molecule has 5 nitrogen and oxygen atoms in total. The van der Waals surface area contributed by atoms with Crippen molar-refractivity contribution in [2.45, 2.75) is 18.9 Å². The highest BCUT2D eigenvalue weighted by Gasteiger charge is 2.24. The summed E-state index contributed by atoms with van der Waals surface area (Å²) < 4.78 is 10.8. The molecule has 2 rings (SSSR count). The number of nitrogens with zero attached hydrogens (tertiary/aromatic N) is 1. The Morgan fingerprint density at radius 2 is 2.20 bits per heavy atom. The lowest BCUT2D eigenvalue weighted by Gasteiger charge is -2.32. The summed E-state index contributed by atoms with van der Waals surface area (Å²) in [6.45, 7) is 2.49. The van der Waals surface area contributed by atoms with E-state index in [0.717, 1.165) is 25.1 Å². The van der Waals surface area contributed by atoms with Gasteiger partial charge in [-0.1, -0.05) is 18.2 Å². The minimum absolute atomic E-state index is 0.0385. The van der Waals surface area contributed by atoms with Crippen molar-refractivity contribution in [3.8, 4) is 5.75 Å². The van der Waals surface area contributed by atoms with Crippen molar-refractivity contribution in [3.05, 3.63) is 30.3 Å². The molecule has 2 amide bonds. The van der Waals surface area contributed by atoms with Crippen LogP contribution in [0.5, 0.6) is 5.75 Å². The van der Waals surface area contributed by atoms with Crippen LogP contribution in [0.2, 0.25) is 0 Å². The van der Waals surface area contributed by atoms with Gasteiger partial charge in [-0.15, -0.1) is 0 Å². The molecule has 1 aromatic rings. The Morgan fingerprint density at radius 3 is 2.95 bits per heavy atom. The molecule has 1 aromatic carbocycles. The summed E-state index contributed by atoms with van der Waals surface area (Å²) in [4.78, 5) is 13.8. The Balaban J connectivity index is 1.80. The van der Waals surface area contributed by atoms with E-state index in [1.807, 2.05) is 35.2 Å². The van der Waals surface area contributed by atoms with Crippen molar-refractivity contribution < 1.29 is 14.3 Å². The molecule has 0 radical (unpaired) electrons. The highest BCUT2D eigenvalue weighted by Crippen LogP contribution is 2.18. The van der Waals surface area contributed by atoms with E-state index in [4.69, 9.17) is 9.47 Å². The number of hydrogen-bond donors (Lipinski definition) is 1. The number of hydrogen-bond acceptors (Lipinski definition) is 3. The van der Waals surface area contributed by atoms with Gasteiger partial charge in [0.05, 0.1) is 13.2 Å². The van der Waals surface area contributed by atoms with Crippen LogP contribution in [0, 0.1) is 0 Å². The number of urea groups is 1. The van der Waals surface area contributed by atoms with Gasteiger partial charge in [0, 0.05) is 20.2 Å². The highest BCUT2D eigenvalue weighted by molar-refractivity contribution is 5.74. The lowest BCUT2D eigenvalue weighted by Crippen LogP contribution is -2.49. The summed E-state index contributed by atoms with van der Waals surface area (Å²) in [5.41, 5.74) is 0. The molecule has 1 atom stereocenters. The molecule has 5 heteroatoms. The molecular formula is C15H22N2O3. The second-order valence-electron chi connectivity index (χ2n) is 4.87. The first-order valence-corrected chi connectivity index (χ1v) is 7.03. The van der Waals surface area contributed by atoms with E-state index in [1.54, 1.807) is 7.11 Å². The number of carbonyl (C=O) groups excluding carboxylic acids is 1. The van der Waals surface area contributed by atoms with Crippen molar-refractivity contribution in [2.24, 2.45) is 0 Å². The van der Waals surface area contributed by atoms with Crippen LogP contribution in [0.15, 0.2) is 30.3 Å². The average Bonchev–Trinajstić information content (AvgIpc) is 2.49. The third kappa shape index (κ3) is 4.42. The molecule has 1 unspecified atom stereocenters. The highest BCUT2D eigenvalue weighted by atomic mass is 16.5. The smallest absolute Gasteiger partial charge is 0.317 e. The fourth-order valence-electron chi connectivity index (χ4n) is 2.28. The van der Waals surface area contributed by atoms with E-state index in [2.05, 4.69) is 5.32 Å². The third-order valence-corrected chi connectivity index (χ3v) is 3.29. The summed E-state index contributed by atoms with van der Waals surface area (Å²) in [6.07, 6.45) is 2.02. The normalized spacial score (nSPS) is 18.6. The molecule has 1 saturated heterocycles. The quantitative estimate of drug-likeness (QED) is 0.837. The molecule has 0 saturated carbocycles. The maximum Gasteiger partial charge on any atom is 0.317 e. The van der Waals surface area contributed by atoms with Gasteiger partial charge in [-0.25, -0.2) is 4.79 Å². The van der Waals surface area contributed by atoms with Gasteiger partial charge in [0.1, 0.15) is 11.9 Å². The molecule has 0 aromatic heterocycles. The van der Waals surface area contributed by atoms with Crippen molar-refractivity contribution in [1.29, 1.82) is 0 Å². The number of para-hydroxylation sites is 1. The Kier molecular flexibility index (Phi) is 5.68. The van der Waals surface area contributed by atoms with Crippen LogP contribution in [0.4, 0.5) is 4.79 Å². The first-order valence-electron chi connectivity index (χ1n) is 7.03. The topological polar surface area (TPSA) is 50.8 Å². The number of carbonyl (C=O) groups is 1. The van der Waals surface area contributed by atoms with Crippen LogP contribution in [-0.2, 0) is 4.74 Å². The minimum Gasteiger partial charge on any atom is -0.489 e. The Hall–Kier alpha value is -1.75. The molecular weight excluding hydrogens is 256 g/mol. The zero-order valence-electron chi connectivity index (χ0n) is 11.9. The lowest BCUT2D eigenvalue weighted by molar-refractivity contribution is 0.100. The van der Waals surface area contributed by atoms with E-state index >= 15 is 0 Å². The molecule has 1 aliphatic rings. The zero-order chi connectivity index (χ0) is 14.2. The maximum atomic E-state index is 12.0. The predicted molar refractivity (Wildman–Crippen MR) is 76.9 cm³/mol. The van der Waals surface area contributed by atoms with E-state index in [9.17, 15) is 4.79 Å². The molecule has 0 spiro atoms. The van der Waals surface area contributed by atoms with Gasteiger partial charge >= 0.3 is 6.03 Å². The van der Waals surface area contributed by atoms with E-state index in [1.165, 1.54) is 0 Å².